The van der Waals surface area contributed by atoms with Crippen LogP contribution in [0.15, 0.2) is 18.2 Å². The van der Waals surface area contributed by atoms with Crippen LogP contribution in [0.1, 0.15) is 39.7 Å². The Bertz CT molecular complexity index is 394. The predicted octanol–water partition coefficient (Wildman–Crippen LogP) is 3.59. The van der Waals surface area contributed by atoms with Gasteiger partial charge < -0.3 is 19.5 Å². The van der Waals surface area contributed by atoms with Crippen LogP contribution in [0, 0.1) is 5.92 Å². The van der Waals surface area contributed by atoms with E-state index in [-0.39, 0.29) is 6.79 Å². The van der Waals surface area contributed by atoms with Crippen molar-refractivity contribution in [2.24, 2.45) is 5.92 Å². The SMILES string of the molecule is CCCOc1ccc(CNCC(C)C)c(OCOCC)c1. The van der Waals surface area contributed by atoms with Gasteiger partial charge in [-0.1, -0.05) is 26.8 Å². The number of ether oxygens (including phenoxy) is 3. The van der Waals surface area contributed by atoms with E-state index in [4.69, 9.17) is 14.2 Å². The molecule has 1 N–H and O–H groups in total. The Morgan fingerprint density at radius 3 is 2.62 bits per heavy atom. The summed E-state index contributed by atoms with van der Waals surface area (Å²) in [5.74, 6) is 2.30. The molecule has 0 aliphatic heterocycles. The van der Waals surface area contributed by atoms with E-state index in [1.165, 1.54) is 0 Å². The molecule has 0 aromatic heterocycles. The van der Waals surface area contributed by atoms with E-state index in [2.05, 4.69) is 32.2 Å². The summed E-state index contributed by atoms with van der Waals surface area (Å²) in [6, 6.07) is 6.00. The number of hydrogen-bond acceptors (Lipinski definition) is 4. The molecular weight excluding hydrogens is 266 g/mol. The first-order chi connectivity index (χ1) is 10.2. The van der Waals surface area contributed by atoms with E-state index >= 15 is 0 Å². The lowest BCUT2D eigenvalue weighted by atomic mass is 10.1. The summed E-state index contributed by atoms with van der Waals surface area (Å²) in [5, 5.41) is 3.43. The van der Waals surface area contributed by atoms with Crippen LogP contribution >= 0.6 is 0 Å². The highest BCUT2D eigenvalue weighted by molar-refractivity contribution is 5.40. The second-order valence-electron chi connectivity index (χ2n) is 5.40. The average Bonchev–Trinajstić information content (AvgIpc) is 2.46. The topological polar surface area (TPSA) is 39.7 Å². The van der Waals surface area contributed by atoms with Crippen molar-refractivity contribution < 1.29 is 14.2 Å². The number of rotatable bonds is 11. The lowest BCUT2D eigenvalue weighted by Gasteiger charge is -2.15. The molecule has 0 unspecified atom stereocenters. The lowest BCUT2D eigenvalue weighted by molar-refractivity contribution is 0.0216. The van der Waals surface area contributed by atoms with E-state index in [1.807, 2.05) is 19.1 Å². The zero-order chi connectivity index (χ0) is 15.5. The molecule has 1 aromatic carbocycles. The zero-order valence-corrected chi connectivity index (χ0v) is 13.8. The van der Waals surface area contributed by atoms with Gasteiger partial charge in [0, 0.05) is 24.8 Å². The van der Waals surface area contributed by atoms with Crippen molar-refractivity contribution in [3.8, 4) is 11.5 Å². The minimum atomic E-state index is 0.269. The van der Waals surface area contributed by atoms with Gasteiger partial charge in [-0.15, -0.1) is 0 Å². The van der Waals surface area contributed by atoms with E-state index < -0.39 is 0 Å². The first-order valence-corrected chi connectivity index (χ1v) is 7.84. The third kappa shape index (κ3) is 7.34. The van der Waals surface area contributed by atoms with Gasteiger partial charge in [0.05, 0.1) is 6.61 Å². The molecule has 0 fully saturated rings. The normalized spacial score (nSPS) is 10.9. The quantitative estimate of drug-likeness (QED) is 0.500. The summed E-state index contributed by atoms with van der Waals surface area (Å²) < 4.78 is 16.6. The standard InChI is InChI=1S/C17H29NO3/c1-5-9-20-16-8-7-15(12-18-11-14(3)4)17(10-16)21-13-19-6-2/h7-8,10,14,18H,5-6,9,11-13H2,1-4H3. The van der Waals surface area contributed by atoms with Crippen LogP contribution in [0.25, 0.3) is 0 Å². The monoisotopic (exact) mass is 295 g/mol. The largest absolute Gasteiger partial charge is 0.493 e. The van der Waals surface area contributed by atoms with E-state index in [9.17, 15) is 0 Å². The minimum absolute atomic E-state index is 0.269. The summed E-state index contributed by atoms with van der Waals surface area (Å²) in [6.07, 6.45) is 0.993. The molecule has 0 spiro atoms. The predicted molar refractivity (Wildman–Crippen MR) is 85.9 cm³/mol. The Balaban J connectivity index is 2.68. The Labute approximate surface area is 128 Å². The maximum Gasteiger partial charge on any atom is 0.189 e. The summed E-state index contributed by atoms with van der Waals surface area (Å²) in [6.45, 7) is 11.8. The molecule has 0 saturated heterocycles. The van der Waals surface area contributed by atoms with Gasteiger partial charge in [-0.25, -0.2) is 0 Å². The maximum absolute atomic E-state index is 5.71. The molecule has 0 aliphatic rings. The van der Waals surface area contributed by atoms with Gasteiger partial charge in [-0.2, -0.15) is 0 Å². The number of nitrogens with one attached hydrogen (secondary N) is 1. The second-order valence-corrected chi connectivity index (χ2v) is 5.40. The highest BCUT2D eigenvalue weighted by Gasteiger charge is 2.07. The van der Waals surface area contributed by atoms with Crippen LogP contribution in [0.3, 0.4) is 0 Å². The average molecular weight is 295 g/mol. The molecule has 4 heteroatoms. The number of benzene rings is 1. The Morgan fingerprint density at radius 2 is 1.95 bits per heavy atom. The third-order valence-corrected chi connectivity index (χ3v) is 2.88. The second kappa shape index (κ2) is 10.5. The van der Waals surface area contributed by atoms with Crippen LogP contribution in [0.4, 0.5) is 0 Å². The molecule has 4 nitrogen and oxygen atoms in total. The van der Waals surface area contributed by atoms with Gasteiger partial charge in [0.25, 0.3) is 0 Å². The highest BCUT2D eigenvalue weighted by Crippen LogP contribution is 2.25. The maximum atomic E-state index is 5.71. The molecule has 1 rings (SSSR count). The zero-order valence-electron chi connectivity index (χ0n) is 13.8. The molecule has 0 aliphatic carbocycles. The highest BCUT2D eigenvalue weighted by atomic mass is 16.7. The Kier molecular flexibility index (Phi) is 8.87. The van der Waals surface area contributed by atoms with Crippen molar-refractivity contribution >= 4 is 0 Å². The van der Waals surface area contributed by atoms with Gasteiger partial charge in [-0.05, 0) is 31.9 Å². The molecule has 0 amide bonds. The molecular formula is C17H29NO3. The van der Waals surface area contributed by atoms with Crippen molar-refractivity contribution in [1.82, 2.24) is 5.32 Å². The fourth-order valence-electron chi connectivity index (χ4n) is 1.81. The van der Waals surface area contributed by atoms with Crippen LogP contribution < -0.4 is 14.8 Å². The van der Waals surface area contributed by atoms with Crippen LogP contribution in [-0.4, -0.2) is 26.6 Å². The molecule has 0 heterocycles. The summed E-state index contributed by atoms with van der Waals surface area (Å²) >= 11 is 0. The molecule has 21 heavy (non-hydrogen) atoms. The van der Waals surface area contributed by atoms with Crippen molar-refractivity contribution in [1.29, 1.82) is 0 Å². The van der Waals surface area contributed by atoms with Gasteiger partial charge >= 0.3 is 0 Å². The number of hydrogen-bond donors (Lipinski definition) is 1. The van der Waals surface area contributed by atoms with Crippen LogP contribution in [-0.2, 0) is 11.3 Å². The smallest absolute Gasteiger partial charge is 0.189 e. The Morgan fingerprint density at radius 1 is 1.14 bits per heavy atom. The fraction of sp³-hybridized carbons (Fsp3) is 0.647. The van der Waals surface area contributed by atoms with Crippen molar-refractivity contribution in [3.63, 3.8) is 0 Å². The van der Waals surface area contributed by atoms with E-state index in [0.717, 1.165) is 43.2 Å². The summed E-state index contributed by atoms with van der Waals surface area (Å²) in [7, 11) is 0. The minimum Gasteiger partial charge on any atom is -0.493 e. The van der Waals surface area contributed by atoms with Gasteiger partial charge in [-0.3, -0.25) is 0 Å². The van der Waals surface area contributed by atoms with Crippen molar-refractivity contribution in [2.45, 2.75) is 40.7 Å². The van der Waals surface area contributed by atoms with Crippen LogP contribution in [0.2, 0.25) is 0 Å². The van der Waals surface area contributed by atoms with Gasteiger partial charge in [0.15, 0.2) is 6.79 Å². The molecule has 0 bridgehead atoms. The van der Waals surface area contributed by atoms with Crippen molar-refractivity contribution in [3.05, 3.63) is 23.8 Å². The van der Waals surface area contributed by atoms with Gasteiger partial charge in [0.1, 0.15) is 11.5 Å². The first-order valence-electron chi connectivity index (χ1n) is 7.84. The van der Waals surface area contributed by atoms with E-state index in [1.54, 1.807) is 0 Å². The van der Waals surface area contributed by atoms with E-state index in [0.29, 0.717) is 12.5 Å². The van der Waals surface area contributed by atoms with Crippen LogP contribution in [0.5, 0.6) is 11.5 Å². The molecule has 0 radical (unpaired) electrons. The summed E-state index contributed by atoms with van der Waals surface area (Å²) in [4.78, 5) is 0. The lowest BCUT2D eigenvalue weighted by Crippen LogP contribution is -2.19. The molecule has 0 saturated carbocycles. The van der Waals surface area contributed by atoms with Crippen molar-refractivity contribution in [2.75, 3.05) is 26.6 Å². The molecule has 120 valence electrons. The summed E-state index contributed by atoms with van der Waals surface area (Å²) in [5.41, 5.74) is 1.12. The molecule has 1 aromatic rings. The third-order valence-electron chi connectivity index (χ3n) is 2.88. The molecule has 0 atom stereocenters. The Hall–Kier alpha value is -1.26. The first kappa shape index (κ1) is 17.8. The fourth-order valence-corrected chi connectivity index (χ4v) is 1.81. The van der Waals surface area contributed by atoms with Gasteiger partial charge in [0.2, 0.25) is 0 Å².